The first-order chi connectivity index (χ1) is 5.11. The van der Waals surface area contributed by atoms with E-state index >= 15 is 0 Å². The van der Waals surface area contributed by atoms with Gasteiger partial charge in [0, 0.05) is 0 Å². The number of hydrogen-bond acceptors (Lipinski definition) is 2. The van der Waals surface area contributed by atoms with Gasteiger partial charge >= 0.3 is 0 Å². The number of nitrogens with one attached hydrogen (secondary N) is 1. The lowest BCUT2D eigenvalue weighted by Crippen LogP contribution is -2.40. The first kappa shape index (κ1) is 10.7. The van der Waals surface area contributed by atoms with E-state index in [-0.39, 0.29) is 18.6 Å². The maximum atomic E-state index is 10.9. The Hall–Kier alpha value is -0.280. The van der Waals surface area contributed by atoms with Crippen molar-refractivity contribution in [2.45, 2.75) is 31.7 Å². The molecule has 2 N–H and O–H groups in total. The molecule has 66 valence electrons. The highest BCUT2D eigenvalue weighted by molar-refractivity contribution is 6.30. The minimum Gasteiger partial charge on any atom is -0.394 e. The van der Waals surface area contributed by atoms with Crippen molar-refractivity contribution in [3.05, 3.63) is 0 Å². The summed E-state index contributed by atoms with van der Waals surface area (Å²) in [5, 5.41) is 10.8. The summed E-state index contributed by atoms with van der Waals surface area (Å²) in [6, 6.07) is -0.163. The van der Waals surface area contributed by atoms with Crippen molar-refractivity contribution < 1.29 is 9.90 Å². The van der Waals surface area contributed by atoms with Crippen LogP contribution in [0.25, 0.3) is 0 Å². The summed E-state index contributed by atoms with van der Waals surface area (Å²) in [6.07, 6.45) is 0.714. The van der Waals surface area contributed by atoms with E-state index in [2.05, 4.69) is 5.32 Å². The monoisotopic (exact) mass is 179 g/mol. The highest BCUT2D eigenvalue weighted by Gasteiger charge is 2.12. The Morgan fingerprint density at radius 1 is 1.73 bits per heavy atom. The van der Waals surface area contributed by atoms with E-state index in [1.807, 2.05) is 6.92 Å². The van der Waals surface area contributed by atoms with Crippen LogP contribution in [0.3, 0.4) is 0 Å². The van der Waals surface area contributed by atoms with Crippen molar-refractivity contribution in [2.24, 2.45) is 0 Å². The standard InChI is InChI=1S/C7H14ClNO2/c1-3-6(4-10)9-7(11)5(2)8/h5-6,10H,3-4H2,1-2H3,(H,9,11). The van der Waals surface area contributed by atoms with E-state index in [0.29, 0.717) is 6.42 Å². The Labute approximate surface area is 71.7 Å². The number of halogens is 1. The average Bonchev–Trinajstić information content (AvgIpc) is 1.99. The number of amides is 1. The van der Waals surface area contributed by atoms with Crippen LogP contribution in [0.4, 0.5) is 0 Å². The van der Waals surface area contributed by atoms with Gasteiger partial charge in [-0.3, -0.25) is 4.79 Å². The summed E-state index contributed by atoms with van der Waals surface area (Å²) in [5.41, 5.74) is 0. The molecule has 1 amide bonds. The summed E-state index contributed by atoms with van der Waals surface area (Å²) in [6.45, 7) is 3.45. The van der Waals surface area contributed by atoms with E-state index in [4.69, 9.17) is 16.7 Å². The second-order valence-corrected chi connectivity index (χ2v) is 3.07. The minimum absolute atomic E-state index is 0.0359. The smallest absolute Gasteiger partial charge is 0.238 e. The number of rotatable bonds is 4. The van der Waals surface area contributed by atoms with Crippen LogP contribution in [0.2, 0.25) is 0 Å². The SMILES string of the molecule is CCC(CO)NC(=O)C(C)Cl. The highest BCUT2D eigenvalue weighted by atomic mass is 35.5. The molecular formula is C7H14ClNO2. The van der Waals surface area contributed by atoms with Crippen LogP contribution in [0, 0.1) is 0 Å². The van der Waals surface area contributed by atoms with Crippen molar-refractivity contribution in [1.82, 2.24) is 5.32 Å². The molecule has 2 atom stereocenters. The van der Waals surface area contributed by atoms with Crippen LogP contribution in [0.5, 0.6) is 0 Å². The summed E-state index contributed by atoms with van der Waals surface area (Å²) < 4.78 is 0. The normalized spacial score (nSPS) is 15.6. The molecule has 0 aromatic rings. The highest BCUT2D eigenvalue weighted by Crippen LogP contribution is 1.95. The number of aliphatic hydroxyl groups is 1. The summed E-state index contributed by atoms with van der Waals surface area (Å²) >= 11 is 5.49. The molecule has 3 nitrogen and oxygen atoms in total. The van der Waals surface area contributed by atoms with Crippen molar-refractivity contribution in [3.63, 3.8) is 0 Å². The largest absolute Gasteiger partial charge is 0.394 e. The lowest BCUT2D eigenvalue weighted by molar-refractivity contribution is -0.121. The molecular weight excluding hydrogens is 166 g/mol. The lowest BCUT2D eigenvalue weighted by atomic mass is 10.2. The summed E-state index contributed by atoms with van der Waals surface area (Å²) in [7, 11) is 0. The molecule has 0 radical (unpaired) electrons. The van der Waals surface area contributed by atoms with Gasteiger partial charge in [0.2, 0.25) is 5.91 Å². The Balaban J connectivity index is 3.72. The molecule has 0 saturated heterocycles. The van der Waals surface area contributed by atoms with Gasteiger partial charge in [-0.1, -0.05) is 6.92 Å². The van der Waals surface area contributed by atoms with Crippen LogP contribution in [0.15, 0.2) is 0 Å². The van der Waals surface area contributed by atoms with E-state index in [1.54, 1.807) is 6.92 Å². The topological polar surface area (TPSA) is 49.3 Å². The van der Waals surface area contributed by atoms with Gasteiger partial charge in [0.25, 0.3) is 0 Å². The number of alkyl halides is 1. The van der Waals surface area contributed by atoms with Gasteiger partial charge in [-0.25, -0.2) is 0 Å². The third-order valence-electron chi connectivity index (χ3n) is 1.42. The molecule has 0 aliphatic heterocycles. The minimum atomic E-state index is -0.532. The van der Waals surface area contributed by atoms with Gasteiger partial charge in [0.1, 0.15) is 5.38 Å². The quantitative estimate of drug-likeness (QED) is 0.618. The Morgan fingerprint density at radius 2 is 2.27 bits per heavy atom. The third kappa shape index (κ3) is 4.22. The van der Waals surface area contributed by atoms with Crippen molar-refractivity contribution in [3.8, 4) is 0 Å². The molecule has 4 heteroatoms. The molecule has 0 aromatic heterocycles. The molecule has 0 aliphatic carbocycles. The molecule has 0 aromatic carbocycles. The fraction of sp³-hybridized carbons (Fsp3) is 0.857. The maximum Gasteiger partial charge on any atom is 0.238 e. The number of carbonyl (C=O) groups excluding carboxylic acids is 1. The average molecular weight is 180 g/mol. The van der Waals surface area contributed by atoms with Crippen LogP contribution >= 0.6 is 11.6 Å². The second kappa shape index (κ2) is 5.38. The number of aliphatic hydroxyl groups excluding tert-OH is 1. The zero-order chi connectivity index (χ0) is 8.85. The summed E-state index contributed by atoms with van der Waals surface area (Å²) in [4.78, 5) is 10.9. The van der Waals surface area contributed by atoms with E-state index < -0.39 is 5.38 Å². The van der Waals surface area contributed by atoms with Gasteiger partial charge in [-0.2, -0.15) is 0 Å². The van der Waals surface area contributed by atoms with Crippen molar-refractivity contribution in [1.29, 1.82) is 0 Å². The fourth-order valence-electron chi connectivity index (χ4n) is 0.593. The van der Waals surface area contributed by atoms with Crippen LogP contribution in [-0.4, -0.2) is 29.0 Å². The summed E-state index contributed by atoms with van der Waals surface area (Å²) in [5.74, 6) is -0.229. The molecule has 0 saturated carbocycles. The maximum absolute atomic E-state index is 10.9. The van der Waals surface area contributed by atoms with E-state index in [1.165, 1.54) is 0 Å². The lowest BCUT2D eigenvalue weighted by Gasteiger charge is -2.14. The van der Waals surface area contributed by atoms with Gasteiger partial charge in [-0.15, -0.1) is 11.6 Å². The molecule has 0 heterocycles. The predicted octanol–water partition coefficient (Wildman–Crippen LogP) is 0.501. The van der Waals surface area contributed by atoms with E-state index in [9.17, 15) is 4.79 Å². The van der Waals surface area contributed by atoms with Gasteiger partial charge in [0.15, 0.2) is 0 Å². The molecule has 0 fully saturated rings. The zero-order valence-electron chi connectivity index (χ0n) is 6.80. The number of hydrogen-bond donors (Lipinski definition) is 2. The van der Waals surface area contributed by atoms with Crippen LogP contribution in [-0.2, 0) is 4.79 Å². The number of carbonyl (C=O) groups is 1. The first-order valence-corrected chi connectivity index (χ1v) is 4.10. The molecule has 0 aliphatic rings. The first-order valence-electron chi connectivity index (χ1n) is 3.67. The van der Waals surface area contributed by atoms with Crippen molar-refractivity contribution >= 4 is 17.5 Å². The van der Waals surface area contributed by atoms with Gasteiger partial charge < -0.3 is 10.4 Å². The predicted molar refractivity (Wildman–Crippen MR) is 44.6 cm³/mol. The van der Waals surface area contributed by atoms with E-state index in [0.717, 1.165) is 0 Å². The van der Waals surface area contributed by atoms with Crippen LogP contribution in [0.1, 0.15) is 20.3 Å². The van der Waals surface area contributed by atoms with Gasteiger partial charge in [-0.05, 0) is 13.3 Å². The molecule has 0 spiro atoms. The third-order valence-corrected chi connectivity index (χ3v) is 1.62. The molecule has 11 heavy (non-hydrogen) atoms. The van der Waals surface area contributed by atoms with Crippen molar-refractivity contribution in [2.75, 3.05) is 6.61 Å². The fourth-order valence-corrected chi connectivity index (χ4v) is 0.656. The Bertz CT molecular complexity index is 124. The van der Waals surface area contributed by atoms with Gasteiger partial charge in [0.05, 0.1) is 12.6 Å². The molecule has 0 rings (SSSR count). The Morgan fingerprint density at radius 3 is 2.55 bits per heavy atom. The second-order valence-electron chi connectivity index (χ2n) is 2.41. The molecule has 0 bridgehead atoms. The zero-order valence-corrected chi connectivity index (χ0v) is 7.56. The molecule has 2 unspecified atom stereocenters. The van der Waals surface area contributed by atoms with Crippen LogP contribution < -0.4 is 5.32 Å². The Kier molecular flexibility index (Phi) is 5.24.